The van der Waals surface area contributed by atoms with Crippen molar-refractivity contribution in [1.82, 2.24) is 10.6 Å². The molecule has 0 atom stereocenters. The van der Waals surface area contributed by atoms with Crippen molar-refractivity contribution in [3.8, 4) is 0 Å². The zero-order valence-electron chi connectivity index (χ0n) is 16.5. The first-order valence-corrected chi connectivity index (χ1v) is 10.8. The number of fused-ring (bicyclic) bond motifs is 2. The van der Waals surface area contributed by atoms with E-state index in [4.69, 9.17) is 4.42 Å². The number of nitrogens with one attached hydrogen (secondary N) is 2. The molecule has 2 amide bonds. The van der Waals surface area contributed by atoms with E-state index in [0.29, 0.717) is 6.54 Å². The maximum Gasteiger partial charge on any atom is 0.286 e. The molecular weight excluding hydrogens is 398 g/mol. The summed E-state index contributed by atoms with van der Waals surface area (Å²) in [4.78, 5) is 28.6. The Bertz CT molecular complexity index is 975. The third-order valence-corrected chi connectivity index (χ3v) is 5.93. The normalized spacial score (nSPS) is 12.1. The molecule has 0 radical (unpaired) electrons. The highest BCUT2D eigenvalue weighted by Gasteiger charge is 2.22. The Morgan fingerprint density at radius 3 is 2.23 bits per heavy atom. The quantitative estimate of drug-likeness (QED) is 0.533. The van der Waals surface area contributed by atoms with E-state index in [1.165, 1.54) is 27.4 Å². The highest BCUT2D eigenvalue weighted by molar-refractivity contribution is 7.99. The number of hydrogen-bond donors (Lipinski definition) is 2. The van der Waals surface area contributed by atoms with E-state index in [9.17, 15) is 9.59 Å². The van der Waals surface area contributed by atoms with Crippen LogP contribution >= 0.6 is 11.8 Å². The fourth-order valence-electron chi connectivity index (χ4n) is 3.36. The van der Waals surface area contributed by atoms with Crippen LogP contribution in [0.1, 0.15) is 23.4 Å². The molecule has 2 heterocycles. The molecule has 0 fully saturated rings. The summed E-state index contributed by atoms with van der Waals surface area (Å²) in [5, 5.41) is 5.61. The van der Waals surface area contributed by atoms with Crippen LogP contribution in [0.5, 0.6) is 0 Å². The first-order valence-electron chi connectivity index (χ1n) is 9.94. The lowest BCUT2D eigenvalue weighted by atomic mass is 10.2. The van der Waals surface area contributed by atoms with Crippen LogP contribution in [-0.4, -0.2) is 31.4 Å². The third-order valence-electron chi connectivity index (χ3n) is 4.80. The molecule has 0 bridgehead atoms. The lowest BCUT2D eigenvalue weighted by molar-refractivity contribution is -0.120. The number of para-hydroxylation sites is 2. The minimum Gasteiger partial charge on any atom is -0.459 e. The van der Waals surface area contributed by atoms with Crippen molar-refractivity contribution in [1.29, 1.82) is 0 Å². The third kappa shape index (κ3) is 4.68. The second-order valence-corrected chi connectivity index (χ2v) is 7.96. The summed E-state index contributed by atoms with van der Waals surface area (Å²) in [6.45, 7) is 1.67. The lowest BCUT2D eigenvalue weighted by Crippen LogP contribution is -2.32. The molecule has 2 N–H and O–H groups in total. The summed E-state index contributed by atoms with van der Waals surface area (Å²) < 4.78 is 5.02. The molecule has 7 heteroatoms. The number of furan rings is 1. The summed E-state index contributed by atoms with van der Waals surface area (Å²) in [5.41, 5.74) is 2.40. The van der Waals surface area contributed by atoms with Crippen molar-refractivity contribution < 1.29 is 14.0 Å². The van der Waals surface area contributed by atoms with Gasteiger partial charge in [-0.1, -0.05) is 36.0 Å². The van der Waals surface area contributed by atoms with E-state index < -0.39 is 0 Å². The van der Waals surface area contributed by atoms with Gasteiger partial charge in [-0.15, -0.1) is 0 Å². The van der Waals surface area contributed by atoms with E-state index in [0.717, 1.165) is 13.0 Å². The molecule has 1 aliphatic rings. The average Bonchev–Trinajstić information content (AvgIpc) is 3.31. The van der Waals surface area contributed by atoms with Crippen LogP contribution in [-0.2, 0) is 4.79 Å². The number of nitrogens with zero attached hydrogens (tertiary/aromatic N) is 1. The van der Waals surface area contributed by atoms with Crippen molar-refractivity contribution in [3.05, 3.63) is 72.7 Å². The first kappa shape index (κ1) is 20.1. The Balaban J connectivity index is 1.24. The Morgan fingerprint density at radius 2 is 1.57 bits per heavy atom. The number of carbonyl (C=O) groups excluding carboxylic acids is 2. The molecule has 6 nitrogen and oxygen atoms in total. The van der Waals surface area contributed by atoms with E-state index in [1.807, 2.05) is 0 Å². The minimum atomic E-state index is -0.312. The van der Waals surface area contributed by atoms with Gasteiger partial charge in [-0.05, 0) is 42.8 Å². The highest BCUT2D eigenvalue weighted by Crippen LogP contribution is 2.47. The molecule has 30 heavy (non-hydrogen) atoms. The predicted octanol–water partition coefficient (Wildman–Crippen LogP) is 4.21. The summed E-state index contributed by atoms with van der Waals surface area (Å²) in [5.74, 6) is -0.145. The van der Waals surface area contributed by atoms with Crippen LogP contribution in [0.4, 0.5) is 11.4 Å². The van der Waals surface area contributed by atoms with Gasteiger partial charge in [-0.3, -0.25) is 9.59 Å². The van der Waals surface area contributed by atoms with Crippen LogP contribution in [0.3, 0.4) is 0 Å². The van der Waals surface area contributed by atoms with Gasteiger partial charge in [-0.25, -0.2) is 0 Å². The van der Waals surface area contributed by atoms with Crippen molar-refractivity contribution in [2.45, 2.75) is 22.6 Å². The van der Waals surface area contributed by atoms with Gasteiger partial charge in [0.1, 0.15) is 0 Å². The molecule has 1 aromatic heterocycles. The summed E-state index contributed by atoms with van der Waals surface area (Å²) in [6.07, 6.45) is 2.50. The van der Waals surface area contributed by atoms with Gasteiger partial charge in [-0.2, -0.15) is 0 Å². The summed E-state index contributed by atoms with van der Waals surface area (Å²) >= 11 is 1.79. The van der Waals surface area contributed by atoms with Crippen LogP contribution in [0.25, 0.3) is 0 Å². The van der Waals surface area contributed by atoms with Crippen molar-refractivity contribution in [2.24, 2.45) is 0 Å². The number of benzene rings is 2. The molecule has 0 unspecified atom stereocenters. The van der Waals surface area contributed by atoms with E-state index in [1.54, 1.807) is 23.9 Å². The molecule has 1 aliphatic heterocycles. The number of carbonyl (C=O) groups is 2. The van der Waals surface area contributed by atoms with E-state index in [2.05, 4.69) is 64.1 Å². The van der Waals surface area contributed by atoms with Crippen LogP contribution in [0.2, 0.25) is 0 Å². The summed E-state index contributed by atoms with van der Waals surface area (Å²) in [6, 6.07) is 20.0. The molecular formula is C23H23N3O3S. The Labute approximate surface area is 179 Å². The van der Waals surface area contributed by atoms with Gasteiger partial charge in [0.05, 0.1) is 17.6 Å². The van der Waals surface area contributed by atoms with Crippen LogP contribution in [0, 0.1) is 0 Å². The second kappa shape index (κ2) is 9.54. The van der Waals surface area contributed by atoms with Gasteiger partial charge in [0.15, 0.2) is 5.76 Å². The van der Waals surface area contributed by atoms with Gasteiger partial charge < -0.3 is 20.0 Å². The van der Waals surface area contributed by atoms with Crippen molar-refractivity contribution in [2.75, 3.05) is 24.5 Å². The largest absolute Gasteiger partial charge is 0.459 e. The average molecular weight is 422 g/mol. The van der Waals surface area contributed by atoms with Gasteiger partial charge in [0.25, 0.3) is 5.91 Å². The first-order chi connectivity index (χ1) is 14.7. The molecule has 154 valence electrons. The van der Waals surface area contributed by atoms with Crippen LogP contribution in [0.15, 0.2) is 81.1 Å². The fourth-order valence-corrected chi connectivity index (χ4v) is 4.46. The van der Waals surface area contributed by atoms with E-state index >= 15 is 0 Å². The molecule has 0 saturated carbocycles. The molecule has 0 aliphatic carbocycles. The molecule has 0 spiro atoms. The number of hydrogen-bond acceptors (Lipinski definition) is 5. The highest BCUT2D eigenvalue weighted by atomic mass is 32.2. The maximum absolute atomic E-state index is 12.1. The van der Waals surface area contributed by atoms with Gasteiger partial charge in [0.2, 0.25) is 5.91 Å². The molecule has 4 rings (SSSR count). The minimum absolute atomic E-state index is 0.0789. The van der Waals surface area contributed by atoms with Crippen molar-refractivity contribution >= 4 is 35.0 Å². The molecule has 2 aromatic carbocycles. The van der Waals surface area contributed by atoms with Crippen molar-refractivity contribution in [3.63, 3.8) is 0 Å². The maximum atomic E-state index is 12.1. The topological polar surface area (TPSA) is 74.6 Å². The van der Waals surface area contributed by atoms with E-state index in [-0.39, 0.29) is 30.5 Å². The Morgan fingerprint density at radius 1 is 0.867 bits per heavy atom. The standard InChI is InChI=1S/C23H23N3O3S/c27-22(12-14-25-23(28)19-9-5-16-29-19)24-13-6-15-26-17-7-1-3-10-20(17)30-21-11-4-2-8-18(21)26/h1-5,7-11,16H,6,12-15H2,(H,24,27)(H,25,28). The van der Waals surface area contributed by atoms with Crippen LogP contribution < -0.4 is 15.5 Å². The number of amides is 2. The molecule has 0 saturated heterocycles. The van der Waals surface area contributed by atoms with Gasteiger partial charge in [0, 0.05) is 35.8 Å². The predicted molar refractivity (Wildman–Crippen MR) is 117 cm³/mol. The number of rotatable bonds is 8. The Kier molecular flexibility index (Phi) is 6.39. The fraction of sp³-hybridized carbons (Fsp3) is 0.217. The SMILES string of the molecule is O=C(CCNC(=O)c1ccco1)NCCCN1c2ccccc2Sc2ccccc21. The smallest absolute Gasteiger partial charge is 0.286 e. The second-order valence-electron chi connectivity index (χ2n) is 6.88. The lowest BCUT2D eigenvalue weighted by Gasteiger charge is -2.32. The summed E-state index contributed by atoms with van der Waals surface area (Å²) in [7, 11) is 0. The monoisotopic (exact) mass is 421 g/mol. The molecule has 3 aromatic rings. The van der Waals surface area contributed by atoms with Gasteiger partial charge >= 0.3 is 0 Å². The zero-order valence-corrected chi connectivity index (χ0v) is 17.3. The Hall–Kier alpha value is -3.19. The zero-order chi connectivity index (χ0) is 20.8. The number of anilines is 2.